The fraction of sp³-hybridized carbons (Fsp3) is 0.600. The van der Waals surface area contributed by atoms with E-state index in [0.29, 0.717) is 19.4 Å². The van der Waals surface area contributed by atoms with Gasteiger partial charge in [0.05, 0.1) is 16.0 Å². The molecule has 1 saturated heterocycles. The Balaban J connectivity index is 2.26. The topological polar surface area (TPSA) is 71.5 Å². The maximum atomic E-state index is 12.7. The number of benzene rings is 1. The molecule has 130 valence electrons. The molecule has 0 bridgehead atoms. The smallest absolute Gasteiger partial charge is 0.228 e. The molecule has 1 aliphatic rings. The van der Waals surface area contributed by atoms with Crippen LogP contribution in [0.5, 0.6) is 0 Å². The van der Waals surface area contributed by atoms with Gasteiger partial charge in [-0.1, -0.05) is 37.6 Å². The van der Waals surface area contributed by atoms with Crippen molar-refractivity contribution in [3.05, 3.63) is 29.3 Å². The molecular weight excluding hydrogens is 358 g/mol. The zero-order valence-corrected chi connectivity index (χ0v) is 15.7. The molecule has 0 saturated carbocycles. The summed E-state index contributed by atoms with van der Waals surface area (Å²) in [4.78, 5) is 0.0311. The molecule has 0 unspecified atom stereocenters. The van der Waals surface area contributed by atoms with E-state index in [1.54, 1.807) is 12.1 Å². The molecule has 2 rings (SSSR count). The minimum absolute atomic E-state index is 0.00259. The summed E-state index contributed by atoms with van der Waals surface area (Å²) in [6.45, 7) is 4.02. The zero-order valence-electron chi connectivity index (χ0n) is 13.3. The lowest BCUT2D eigenvalue weighted by Crippen LogP contribution is -2.46. The molecule has 1 atom stereocenters. The van der Waals surface area contributed by atoms with Crippen LogP contribution in [-0.4, -0.2) is 45.2 Å². The molecule has 0 N–H and O–H groups in total. The summed E-state index contributed by atoms with van der Waals surface area (Å²) >= 11 is 6.00. The first-order valence-corrected chi connectivity index (χ1v) is 11.1. The van der Waals surface area contributed by atoms with Crippen LogP contribution in [0.15, 0.2) is 29.2 Å². The van der Waals surface area contributed by atoms with Crippen LogP contribution in [0.1, 0.15) is 26.7 Å². The fourth-order valence-corrected chi connectivity index (χ4v) is 7.06. The third kappa shape index (κ3) is 4.26. The highest BCUT2D eigenvalue weighted by Crippen LogP contribution is 2.28. The van der Waals surface area contributed by atoms with E-state index in [1.807, 2.05) is 13.8 Å². The van der Waals surface area contributed by atoms with Gasteiger partial charge in [0, 0.05) is 13.1 Å². The van der Waals surface area contributed by atoms with E-state index >= 15 is 0 Å². The van der Waals surface area contributed by atoms with Gasteiger partial charge in [-0.05, 0) is 30.9 Å². The van der Waals surface area contributed by atoms with Gasteiger partial charge in [0.25, 0.3) is 0 Å². The second-order valence-electron chi connectivity index (χ2n) is 6.28. The summed E-state index contributed by atoms with van der Waals surface area (Å²) in [5.74, 6) is 0.105. The van der Waals surface area contributed by atoms with Crippen LogP contribution in [0.25, 0.3) is 0 Å². The molecule has 0 aromatic heterocycles. The van der Waals surface area contributed by atoms with Gasteiger partial charge in [-0.3, -0.25) is 0 Å². The number of piperidine rings is 1. The van der Waals surface area contributed by atoms with E-state index in [1.165, 1.54) is 16.4 Å². The van der Waals surface area contributed by atoms with Gasteiger partial charge in [-0.25, -0.2) is 16.8 Å². The third-order valence-electron chi connectivity index (χ3n) is 3.87. The van der Waals surface area contributed by atoms with Crippen molar-refractivity contribution < 1.29 is 16.8 Å². The van der Waals surface area contributed by atoms with Crippen molar-refractivity contribution in [3.8, 4) is 0 Å². The van der Waals surface area contributed by atoms with E-state index < -0.39 is 25.1 Å². The molecule has 0 spiro atoms. The van der Waals surface area contributed by atoms with Gasteiger partial charge in [0.2, 0.25) is 10.0 Å². The van der Waals surface area contributed by atoms with E-state index in [0.717, 1.165) is 0 Å². The number of nitrogens with zero attached hydrogens (tertiary/aromatic N) is 1. The standard InChI is InChI=1S/C15H22ClNO4S2/c1-12(2)11-22(18,19)13-6-5-9-17(10-13)23(20,21)15-8-4-3-7-14(15)16/h3-4,7-8,12-13H,5-6,9-11H2,1-2H3/t13-/m0/s1. The summed E-state index contributed by atoms with van der Waals surface area (Å²) in [6, 6.07) is 6.23. The highest BCUT2D eigenvalue weighted by Gasteiger charge is 2.36. The first kappa shape index (κ1) is 18.7. The third-order valence-corrected chi connectivity index (χ3v) is 8.77. The fourth-order valence-electron chi connectivity index (χ4n) is 2.81. The van der Waals surface area contributed by atoms with Gasteiger partial charge in [0.15, 0.2) is 9.84 Å². The molecule has 8 heteroatoms. The average Bonchev–Trinajstić information content (AvgIpc) is 2.46. The van der Waals surface area contributed by atoms with Crippen LogP contribution in [0, 0.1) is 5.92 Å². The first-order chi connectivity index (χ1) is 10.6. The number of hydrogen-bond acceptors (Lipinski definition) is 4. The Labute approximate surface area is 143 Å². The summed E-state index contributed by atoms with van der Waals surface area (Å²) in [5.41, 5.74) is 0. The number of hydrogen-bond donors (Lipinski definition) is 0. The van der Waals surface area contributed by atoms with Crippen molar-refractivity contribution in [2.45, 2.75) is 36.8 Å². The molecule has 1 aromatic carbocycles. The summed E-state index contributed by atoms with van der Waals surface area (Å²) < 4.78 is 51.6. The molecule has 5 nitrogen and oxygen atoms in total. The van der Waals surface area contributed by atoms with Gasteiger partial charge in [0.1, 0.15) is 4.90 Å². The molecule has 0 aliphatic carbocycles. The van der Waals surface area contributed by atoms with Crippen molar-refractivity contribution in [2.75, 3.05) is 18.8 Å². The largest absolute Gasteiger partial charge is 0.244 e. The maximum absolute atomic E-state index is 12.7. The Hall–Kier alpha value is -0.630. The molecule has 0 amide bonds. The normalized spacial score (nSPS) is 20.8. The highest BCUT2D eigenvalue weighted by molar-refractivity contribution is 7.92. The Morgan fingerprint density at radius 2 is 1.87 bits per heavy atom. The lowest BCUT2D eigenvalue weighted by atomic mass is 10.2. The summed E-state index contributed by atoms with van der Waals surface area (Å²) in [5, 5.41) is -0.490. The Kier molecular flexibility index (Phi) is 5.76. The Bertz CT molecular complexity index is 759. The maximum Gasteiger partial charge on any atom is 0.244 e. The van der Waals surface area contributed by atoms with Gasteiger partial charge in [-0.15, -0.1) is 0 Å². The first-order valence-electron chi connectivity index (χ1n) is 7.61. The van der Waals surface area contributed by atoms with E-state index in [2.05, 4.69) is 0 Å². The SMILES string of the molecule is CC(C)CS(=O)(=O)[C@H]1CCCN(S(=O)(=O)c2ccccc2Cl)C1. The number of sulfone groups is 1. The van der Waals surface area contributed by atoms with Crippen molar-refractivity contribution in [1.29, 1.82) is 0 Å². The van der Waals surface area contributed by atoms with Gasteiger partial charge in [-0.2, -0.15) is 4.31 Å². The Morgan fingerprint density at radius 3 is 2.48 bits per heavy atom. The number of rotatable bonds is 5. The lowest BCUT2D eigenvalue weighted by molar-refractivity contribution is 0.345. The van der Waals surface area contributed by atoms with Gasteiger partial charge >= 0.3 is 0 Å². The molecule has 1 heterocycles. The average molecular weight is 380 g/mol. The van der Waals surface area contributed by atoms with E-state index in [4.69, 9.17) is 11.6 Å². The molecule has 1 aromatic rings. The van der Waals surface area contributed by atoms with E-state index in [9.17, 15) is 16.8 Å². The van der Waals surface area contributed by atoms with Crippen molar-refractivity contribution in [2.24, 2.45) is 5.92 Å². The van der Waals surface area contributed by atoms with Crippen LogP contribution >= 0.6 is 11.6 Å². The molecular formula is C15H22ClNO4S2. The lowest BCUT2D eigenvalue weighted by Gasteiger charge is -2.32. The molecule has 1 fully saturated rings. The van der Waals surface area contributed by atoms with Crippen LogP contribution in [-0.2, 0) is 19.9 Å². The predicted octanol–water partition coefficient (Wildman–Crippen LogP) is 2.56. The summed E-state index contributed by atoms with van der Waals surface area (Å²) in [7, 11) is -7.08. The van der Waals surface area contributed by atoms with Crippen LogP contribution in [0.2, 0.25) is 5.02 Å². The van der Waals surface area contributed by atoms with Crippen molar-refractivity contribution in [1.82, 2.24) is 4.31 Å². The summed E-state index contributed by atoms with van der Waals surface area (Å²) in [6.07, 6.45) is 1.04. The van der Waals surface area contributed by atoms with E-state index in [-0.39, 0.29) is 28.1 Å². The molecule has 23 heavy (non-hydrogen) atoms. The minimum atomic E-state index is -3.78. The van der Waals surface area contributed by atoms with Crippen LogP contribution < -0.4 is 0 Å². The zero-order chi connectivity index (χ0) is 17.3. The van der Waals surface area contributed by atoms with Crippen molar-refractivity contribution in [3.63, 3.8) is 0 Å². The quantitative estimate of drug-likeness (QED) is 0.788. The predicted molar refractivity (Wildman–Crippen MR) is 91.9 cm³/mol. The second-order valence-corrected chi connectivity index (χ2v) is 10.9. The number of sulfonamides is 1. The highest BCUT2D eigenvalue weighted by atomic mass is 35.5. The minimum Gasteiger partial charge on any atom is -0.228 e. The van der Waals surface area contributed by atoms with Crippen LogP contribution in [0.3, 0.4) is 0 Å². The number of halogens is 1. The van der Waals surface area contributed by atoms with Crippen molar-refractivity contribution >= 4 is 31.5 Å². The molecule has 1 aliphatic heterocycles. The monoisotopic (exact) mass is 379 g/mol. The Morgan fingerprint density at radius 1 is 1.22 bits per heavy atom. The second kappa shape index (κ2) is 7.09. The van der Waals surface area contributed by atoms with Crippen LogP contribution in [0.4, 0.5) is 0 Å². The van der Waals surface area contributed by atoms with Gasteiger partial charge < -0.3 is 0 Å². The molecule has 0 radical (unpaired) electrons.